The van der Waals surface area contributed by atoms with Gasteiger partial charge in [0, 0.05) is 0 Å². The summed E-state index contributed by atoms with van der Waals surface area (Å²) in [7, 11) is 0. The molecule has 1 aliphatic rings. The molecule has 0 bridgehead atoms. The van der Waals surface area contributed by atoms with Crippen LogP contribution in [0.3, 0.4) is 0 Å². The molecule has 0 fully saturated rings. The van der Waals surface area contributed by atoms with Gasteiger partial charge in [-0.2, -0.15) is 0 Å². The Labute approximate surface area is 69.1 Å². The van der Waals surface area contributed by atoms with Crippen LogP contribution in [0.15, 0.2) is 12.2 Å². The first kappa shape index (κ1) is 8.79. The van der Waals surface area contributed by atoms with E-state index in [4.69, 9.17) is 0 Å². The van der Waals surface area contributed by atoms with Gasteiger partial charge in [-0.15, -0.1) is 0 Å². The maximum Gasteiger partial charge on any atom is 0.0687 e. The Morgan fingerprint density at radius 1 is 1.45 bits per heavy atom. The molecule has 11 heavy (non-hydrogen) atoms. The summed E-state index contributed by atoms with van der Waals surface area (Å²) in [6.07, 6.45) is 6.11. The largest absolute Gasteiger partial charge is 0.390 e. The SMILES string of the molecule is CC(C)[C@@H]1CC=CC[C@@]1(C)O. The molecule has 0 radical (unpaired) electrons. The molecule has 0 unspecified atom stereocenters. The number of allylic oxidation sites excluding steroid dienone is 1. The van der Waals surface area contributed by atoms with Gasteiger partial charge in [0.05, 0.1) is 5.60 Å². The first-order valence-corrected chi connectivity index (χ1v) is 4.41. The highest BCUT2D eigenvalue weighted by molar-refractivity contribution is 5.01. The van der Waals surface area contributed by atoms with Gasteiger partial charge in [-0.3, -0.25) is 0 Å². The minimum Gasteiger partial charge on any atom is -0.390 e. The number of aliphatic hydroxyl groups is 1. The second-order valence-electron chi connectivity index (χ2n) is 4.12. The molecular weight excluding hydrogens is 136 g/mol. The van der Waals surface area contributed by atoms with Crippen molar-refractivity contribution >= 4 is 0 Å². The standard InChI is InChI=1S/C10H18O/c1-8(2)9-6-4-5-7-10(9,3)11/h4-5,8-9,11H,6-7H2,1-3H3/t9-,10+/m0/s1. The number of hydrogen-bond donors (Lipinski definition) is 1. The van der Waals surface area contributed by atoms with Crippen molar-refractivity contribution in [1.82, 2.24) is 0 Å². The predicted molar refractivity (Wildman–Crippen MR) is 47.3 cm³/mol. The lowest BCUT2D eigenvalue weighted by atomic mass is 9.74. The molecule has 0 aliphatic heterocycles. The summed E-state index contributed by atoms with van der Waals surface area (Å²) in [6.45, 7) is 6.30. The van der Waals surface area contributed by atoms with E-state index >= 15 is 0 Å². The van der Waals surface area contributed by atoms with Crippen LogP contribution >= 0.6 is 0 Å². The van der Waals surface area contributed by atoms with Gasteiger partial charge in [0.25, 0.3) is 0 Å². The van der Waals surface area contributed by atoms with E-state index in [0.717, 1.165) is 12.8 Å². The maximum atomic E-state index is 9.95. The monoisotopic (exact) mass is 154 g/mol. The number of hydrogen-bond acceptors (Lipinski definition) is 1. The van der Waals surface area contributed by atoms with Gasteiger partial charge in [0.1, 0.15) is 0 Å². The van der Waals surface area contributed by atoms with Gasteiger partial charge in [-0.25, -0.2) is 0 Å². The predicted octanol–water partition coefficient (Wildman–Crippen LogP) is 2.36. The van der Waals surface area contributed by atoms with E-state index in [1.807, 2.05) is 6.92 Å². The fraction of sp³-hybridized carbons (Fsp3) is 0.800. The summed E-state index contributed by atoms with van der Waals surface area (Å²) in [4.78, 5) is 0. The molecule has 1 nitrogen and oxygen atoms in total. The molecule has 0 aromatic heterocycles. The van der Waals surface area contributed by atoms with Crippen LogP contribution < -0.4 is 0 Å². The average molecular weight is 154 g/mol. The van der Waals surface area contributed by atoms with Gasteiger partial charge in [-0.1, -0.05) is 26.0 Å². The van der Waals surface area contributed by atoms with Crippen LogP contribution in [0.5, 0.6) is 0 Å². The lowest BCUT2D eigenvalue weighted by Gasteiger charge is -2.37. The second-order valence-corrected chi connectivity index (χ2v) is 4.12. The highest BCUT2D eigenvalue weighted by Crippen LogP contribution is 2.34. The van der Waals surface area contributed by atoms with Crippen molar-refractivity contribution in [3.05, 3.63) is 12.2 Å². The van der Waals surface area contributed by atoms with Gasteiger partial charge in [0.15, 0.2) is 0 Å². The van der Waals surface area contributed by atoms with Crippen LogP contribution in [0.1, 0.15) is 33.6 Å². The highest BCUT2D eigenvalue weighted by Gasteiger charge is 2.33. The first-order chi connectivity index (χ1) is 5.04. The topological polar surface area (TPSA) is 20.2 Å². The van der Waals surface area contributed by atoms with Crippen LogP contribution in [-0.2, 0) is 0 Å². The van der Waals surface area contributed by atoms with E-state index in [0.29, 0.717) is 11.8 Å². The molecule has 0 spiro atoms. The summed E-state index contributed by atoms with van der Waals surface area (Å²) in [5, 5.41) is 9.95. The second kappa shape index (κ2) is 2.98. The molecule has 0 amide bonds. The van der Waals surface area contributed by atoms with Crippen molar-refractivity contribution in [1.29, 1.82) is 0 Å². The minimum atomic E-state index is -0.469. The average Bonchev–Trinajstić information content (AvgIpc) is 1.85. The Kier molecular flexibility index (Phi) is 2.38. The summed E-state index contributed by atoms with van der Waals surface area (Å²) in [6, 6.07) is 0. The molecule has 1 N–H and O–H groups in total. The van der Waals surface area contributed by atoms with Gasteiger partial charge < -0.3 is 5.11 Å². The smallest absolute Gasteiger partial charge is 0.0687 e. The van der Waals surface area contributed by atoms with Gasteiger partial charge in [-0.05, 0) is 31.6 Å². The van der Waals surface area contributed by atoms with Gasteiger partial charge >= 0.3 is 0 Å². The zero-order valence-electron chi connectivity index (χ0n) is 7.67. The third-order valence-corrected chi connectivity index (χ3v) is 2.69. The van der Waals surface area contributed by atoms with E-state index in [2.05, 4.69) is 26.0 Å². The summed E-state index contributed by atoms with van der Waals surface area (Å²) in [5.41, 5.74) is -0.469. The Hall–Kier alpha value is -0.300. The van der Waals surface area contributed by atoms with Crippen molar-refractivity contribution < 1.29 is 5.11 Å². The van der Waals surface area contributed by atoms with Crippen LogP contribution in [0.25, 0.3) is 0 Å². The summed E-state index contributed by atoms with van der Waals surface area (Å²) >= 11 is 0. The molecule has 2 atom stereocenters. The molecule has 0 saturated carbocycles. The van der Waals surface area contributed by atoms with Crippen molar-refractivity contribution in [2.45, 2.75) is 39.2 Å². The van der Waals surface area contributed by atoms with Crippen molar-refractivity contribution in [2.75, 3.05) is 0 Å². The molecule has 0 aromatic rings. The molecule has 1 heteroatoms. The normalized spacial score (nSPS) is 38.1. The first-order valence-electron chi connectivity index (χ1n) is 4.41. The zero-order chi connectivity index (χ0) is 8.48. The van der Waals surface area contributed by atoms with E-state index in [-0.39, 0.29) is 0 Å². The van der Waals surface area contributed by atoms with Crippen LogP contribution in [0.4, 0.5) is 0 Å². The molecule has 0 heterocycles. The molecule has 64 valence electrons. The van der Waals surface area contributed by atoms with E-state index in [9.17, 15) is 5.11 Å². The Balaban J connectivity index is 2.70. The lowest BCUT2D eigenvalue weighted by molar-refractivity contribution is -0.0213. The Morgan fingerprint density at radius 3 is 2.45 bits per heavy atom. The third kappa shape index (κ3) is 1.84. The van der Waals surface area contributed by atoms with Crippen LogP contribution in [-0.4, -0.2) is 10.7 Å². The molecule has 0 saturated heterocycles. The molecule has 1 rings (SSSR count). The highest BCUT2D eigenvalue weighted by atomic mass is 16.3. The zero-order valence-corrected chi connectivity index (χ0v) is 7.67. The van der Waals surface area contributed by atoms with Crippen LogP contribution in [0, 0.1) is 11.8 Å². The van der Waals surface area contributed by atoms with Crippen molar-refractivity contribution in [3.8, 4) is 0 Å². The van der Waals surface area contributed by atoms with E-state index < -0.39 is 5.60 Å². The minimum absolute atomic E-state index is 0.437. The Morgan fingerprint density at radius 2 is 2.09 bits per heavy atom. The Bertz CT molecular complexity index is 156. The molecule has 0 aromatic carbocycles. The fourth-order valence-corrected chi connectivity index (χ4v) is 1.96. The van der Waals surface area contributed by atoms with Crippen molar-refractivity contribution in [2.24, 2.45) is 11.8 Å². The molecule has 1 aliphatic carbocycles. The maximum absolute atomic E-state index is 9.95. The lowest BCUT2D eigenvalue weighted by Crippen LogP contribution is -2.38. The van der Waals surface area contributed by atoms with Gasteiger partial charge in [0.2, 0.25) is 0 Å². The van der Waals surface area contributed by atoms with Crippen LogP contribution in [0.2, 0.25) is 0 Å². The quantitative estimate of drug-likeness (QED) is 0.575. The number of rotatable bonds is 1. The fourth-order valence-electron chi connectivity index (χ4n) is 1.96. The van der Waals surface area contributed by atoms with E-state index in [1.54, 1.807) is 0 Å². The summed E-state index contributed by atoms with van der Waals surface area (Å²) < 4.78 is 0. The van der Waals surface area contributed by atoms with E-state index in [1.165, 1.54) is 0 Å². The molecular formula is C10H18O. The van der Waals surface area contributed by atoms with Crippen molar-refractivity contribution in [3.63, 3.8) is 0 Å². The summed E-state index contributed by atoms with van der Waals surface area (Å²) in [5.74, 6) is 1.02. The third-order valence-electron chi connectivity index (χ3n) is 2.69.